The second-order valence-electron chi connectivity index (χ2n) is 7.93. The Morgan fingerprint density at radius 3 is 2.77 bits per heavy atom. The number of hydrogen-bond acceptors (Lipinski definition) is 7. The van der Waals surface area contributed by atoms with Gasteiger partial charge < -0.3 is 14.5 Å². The highest BCUT2D eigenvalue weighted by Gasteiger charge is 2.32. The lowest BCUT2D eigenvalue weighted by Gasteiger charge is -2.14. The molecule has 3 aromatic rings. The van der Waals surface area contributed by atoms with Crippen LogP contribution in [0.1, 0.15) is 20.0 Å². The number of cyclic esters (lactones) is 1. The Kier molecular flexibility index (Phi) is 7.54. The third-order valence-electron chi connectivity index (χ3n) is 5.03. The number of halogens is 1. The van der Waals surface area contributed by atoms with Crippen LogP contribution in [0.3, 0.4) is 0 Å². The summed E-state index contributed by atoms with van der Waals surface area (Å²) >= 11 is 0. The molecule has 0 radical (unpaired) electrons. The predicted octanol–water partition coefficient (Wildman–Crippen LogP) is 2.66. The van der Waals surface area contributed by atoms with Gasteiger partial charge in [-0.3, -0.25) is 14.7 Å². The first-order chi connectivity index (χ1) is 16.1. The summed E-state index contributed by atoms with van der Waals surface area (Å²) in [5.74, 6) is -1.08. The minimum absolute atomic E-state index is 0. The van der Waals surface area contributed by atoms with Crippen molar-refractivity contribution in [2.75, 3.05) is 30.1 Å². The van der Waals surface area contributed by atoms with E-state index in [9.17, 15) is 18.0 Å². The molecule has 186 valence electrons. The number of rotatable bonds is 7. The Labute approximate surface area is 202 Å². The monoisotopic (exact) mass is 503 g/mol. The summed E-state index contributed by atoms with van der Waals surface area (Å²) in [6, 6.07) is 7.89. The van der Waals surface area contributed by atoms with E-state index in [2.05, 4.69) is 15.3 Å². The molecule has 1 aromatic carbocycles. The number of imidazole rings is 1. The van der Waals surface area contributed by atoms with E-state index in [1.165, 1.54) is 24.1 Å². The van der Waals surface area contributed by atoms with E-state index in [0.29, 0.717) is 28.2 Å². The fourth-order valence-corrected chi connectivity index (χ4v) is 3.85. The van der Waals surface area contributed by atoms with Gasteiger partial charge in [-0.15, -0.1) is 0 Å². The molecular weight excluding hydrogens is 477 g/mol. The lowest BCUT2D eigenvalue weighted by molar-refractivity contribution is -0.119. The maximum absolute atomic E-state index is 15.0. The number of carbonyl (C=O) groups excluding carboxylic acids is 2. The Balaban J connectivity index is 0.00000342. The molecule has 1 aliphatic heterocycles. The van der Waals surface area contributed by atoms with Gasteiger partial charge in [-0.1, -0.05) is 7.43 Å². The van der Waals surface area contributed by atoms with Crippen LogP contribution < -0.4 is 10.2 Å². The summed E-state index contributed by atoms with van der Waals surface area (Å²) in [5.41, 5.74) is 2.32. The molecular formula is C23H26FN5O5S. The van der Waals surface area contributed by atoms with Crippen LogP contribution in [0.2, 0.25) is 0 Å². The van der Waals surface area contributed by atoms with Crippen LogP contribution in [0.15, 0.2) is 47.7 Å². The molecule has 10 nitrogen and oxygen atoms in total. The number of amides is 2. The smallest absolute Gasteiger partial charge is 0.414 e. The summed E-state index contributed by atoms with van der Waals surface area (Å²) in [7, 11) is -3.22. The quantitative estimate of drug-likeness (QED) is 0.495. The largest absolute Gasteiger partial charge is 0.442 e. The molecule has 4 rings (SSSR count). The number of pyridine rings is 1. The number of hydrogen-bond donors (Lipinski definition) is 1. The van der Waals surface area contributed by atoms with E-state index < -0.39 is 27.9 Å². The molecule has 1 N–H and O–H groups in total. The second-order valence-corrected chi connectivity index (χ2v) is 10.0. The van der Waals surface area contributed by atoms with Crippen molar-refractivity contribution in [1.82, 2.24) is 14.7 Å². The molecule has 2 amide bonds. The van der Waals surface area contributed by atoms with Crippen molar-refractivity contribution in [2.24, 2.45) is 4.99 Å². The van der Waals surface area contributed by atoms with Crippen LogP contribution in [-0.2, 0) is 19.4 Å². The molecule has 2 aromatic heterocycles. The molecule has 3 heterocycles. The molecule has 35 heavy (non-hydrogen) atoms. The number of nitrogens with one attached hydrogen (secondary N) is 1. The zero-order chi connectivity index (χ0) is 24.5. The fourth-order valence-electron chi connectivity index (χ4n) is 3.50. The molecule has 0 saturated carbocycles. The van der Waals surface area contributed by atoms with Crippen molar-refractivity contribution in [1.29, 1.82) is 0 Å². The van der Waals surface area contributed by atoms with E-state index in [1.54, 1.807) is 41.1 Å². The summed E-state index contributed by atoms with van der Waals surface area (Å²) < 4.78 is 44.3. The highest BCUT2D eigenvalue weighted by molar-refractivity contribution is 7.90. The highest BCUT2D eigenvalue weighted by Crippen LogP contribution is 2.29. The summed E-state index contributed by atoms with van der Waals surface area (Å²) in [6.07, 6.45) is 4.70. The van der Waals surface area contributed by atoms with E-state index in [0.717, 1.165) is 6.26 Å². The van der Waals surface area contributed by atoms with E-state index in [-0.39, 0.29) is 32.3 Å². The Morgan fingerprint density at radius 1 is 1.31 bits per heavy atom. The van der Waals surface area contributed by atoms with Gasteiger partial charge in [-0.2, -0.15) is 0 Å². The highest BCUT2D eigenvalue weighted by atomic mass is 32.2. The average Bonchev–Trinajstić information content (AvgIpc) is 3.33. The normalized spacial score (nSPS) is 15.9. The maximum atomic E-state index is 15.0. The van der Waals surface area contributed by atoms with Crippen molar-refractivity contribution in [2.45, 2.75) is 20.5 Å². The lowest BCUT2D eigenvalue weighted by Crippen LogP contribution is -2.33. The van der Waals surface area contributed by atoms with Crippen LogP contribution >= 0.6 is 0 Å². The minimum Gasteiger partial charge on any atom is -0.442 e. The van der Waals surface area contributed by atoms with Gasteiger partial charge in [0.15, 0.2) is 9.84 Å². The van der Waals surface area contributed by atoms with Gasteiger partial charge in [0, 0.05) is 42.9 Å². The predicted molar refractivity (Wildman–Crippen MR) is 131 cm³/mol. The molecule has 1 aliphatic rings. The topological polar surface area (TPSA) is 122 Å². The molecule has 1 fully saturated rings. The van der Waals surface area contributed by atoms with Gasteiger partial charge in [0.25, 0.3) is 0 Å². The molecule has 0 unspecified atom stereocenters. The minimum atomic E-state index is -3.22. The first-order valence-corrected chi connectivity index (χ1v) is 12.3. The van der Waals surface area contributed by atoms with Gasteiger partial charge >= 0.3 is 6.09 Å². The van der Waals surface area contributed by atoms with Gasteiger partial charge in [-0.05, 0) is 30.3 Å². The molecule has 1 saturated heterocycles. The van der Waals surface area contributed by atoms with Crippen LogP contribution in [0.4, 0.5) is 14.9 Å². The third kappa shape index (κ3) is 6.21. The Bertz CT molecular complexity index is 1400. The van der Waals surface area contributed by atoms with Crippen molar-refractivity contribution in [3.63, 3.8) is 0 Å². The Hall–Kier alpha value is -3.80. The van der Waals surface area contributed by atoms with Crippen LogP contribution in [-0.4, -0.2) is 67.3 Å². The van der Waals surface area contributed by atoms with Crippen molar-refractivity contribution < 1.29 is 27.1 Å². The van der Waals surface area contributed by atoms with Crippen molar-refractivity contribution in [3.05, 3.63) is 54.2 Å². The number of fused-ring (bicyclic) bond motifs is 1. The Morgan fingerprint density at radius 2 is 2.09 bits per heavy atom. The fraction of sp³-hybridized carbons (Fsp3) is 0.304. The summed E-state index contributed by atoms with van der Waals surface area (Å²) in [4.78, 5) is 32.8. The lowest BCUT2D eigenvalue weighted by atomic mass is 10.1. The molecule has 12 heteroatoms. The summed E-state index contributed by atoms with van der Waals surface area (Å²) in [5, 5.41) is 2.60. The molecule has 0 spiro atoms. The first-order valence-electron chi connectivity index (χ1n) is 10.3. The van der Waals surface area contributed by atoms with Gasteiger partial charge in [0.05, 0.1) is 24.5 Å². The van der Waals surface area contributed by atoms with E-state index in [4.69, 9.17) is 4.74 Å². The third-order valence-corrected chi connectivity index (χ3v) is 5.65. The first kappa shape index (κ1) is 25.8. The van der Waals surface area contributed by atoms with Crippen LogP contribution in [0.5, 0.6) is 0 Å². The number of benzene rings is 1. The second kappa shape index (κ2) is 10.2. The van der Waals surface area contributed by atoms with Crippen molar-refractivity contribution in [3.8, 4) is 11.1 Å². The zero-order valence-corrected chi connectivity index (χ0v) is 19.3. The number of ether oxygens (including phenoxy) is 1. The number of anilines is 1. The number of nitrogens with zero attached hydrogens (tertiary/aromatic N) is 4. The standard InChI is InChI=1S/C22H22FN5O5S.CH4/c1-14(29)25-9-18-12-28(22(30)33-18)17-4-5-19(20(23)7-17)15-3-6-21-26-16(11-27(21)10-15)8-24-13-34(2,31)32;/h3-8,10-11,18H,9,12-13H2,1-2H3,(H,25,29);1H4/t18-;/m0./s1. The number of aliphatic imine (C=N–C) groups is 1. The van der Waals surface area contributed by atoms with E-state index in [1.807, 2.05) is 0 Å². The van der Waals surface area contributed by atoms with Crippen LogP contribution in [0.25, 0.3) is 16.8 Å². The zero-order valence-electron chi connectivity index (χ0n) is 18.4. The number of aromatic nitrogens is 2. The average molecular weight is 504 g/mol. The molecule has 1 atom stereocenters. The number of carbonyl (C=O) groups is 2. The maximum Gasteiger partial charge on any atom is 0.414 e. The summed E-state index contributed by atoms with van der Waals surface area (Å²) in [6.45, 7) is 1.75. The van der Waals surface area contributed by atoms with Gasteiger partial charge in [-0.25, -0.2) is 22.6 Å². The van der Waals surface area contributed by atoms with Gasteiger partial charge in [0.1, 0.15) is 23.4 Å². The molecule has 0 bridgehead atoms. The van der Waals surface area contributed by atoms with Gasteiger partial charge in [0.2, 0.25) is 5.91 Å². The van der Waals surface area contributed by atoms with Crippen LogP contribution in [0, 0.1) is 5.82 Å². The number of sulfone groups is 1. The van der Waals surface area contributed by atoms with Crippen molar-refractivity contribution >= 4 is 39.4 Å². The SMILES string of the molecule is C.CC(=O)NC[C@H]1CN(c2ccc(-c3ccc4nc(C=NCS(C)(=O)=O)cn4c3)c(F)c2)C(=O)O1. The van der Waals surface area contributed by atoms with E-state index >= 15 is 4.39 Å². The molecule has 0 aliphatic carbocycles.